The zero-order chi connectivity index (χ0) is 24.9. The average molecular weight is 491 g/mol. The molecule has 34 heavy (non-hydrogen) atoms. The van der Waals surface area contributed by atoms with Crippen LogP contribution in [0.5, 0.6) is 0 Å². The van der Waals surface area contributed by atoms with Gasteiger partial charge in [-0.2, -0.15) is 13.2 Å². The highest BCUT2D eigenvalue weighted by Gasteiger charge is 2.36. The molecular weight excluding hydrogens is 465 g/mol. The Morgan fingerprint density at radius 2 is 1.50 bits per heavy atom. The number of imidazole rings is 1. The van der Waals surface area contributed by atoms with Gasteiger partial charge < -0.3 is 4.55 Å². The first-order valence-corrected chi connectivity index (χ1v) is 12.0. The number of rotatable bonds is 5. The average Bonchev–Trinajstić information content (AvgIpc) is 3.05. The van der Waals surface area contributed by atoms with E-state index in [4.69, 9.17) is 0 Å². The van der Waals surface area contributed by atoms with Crippen LogP contribution in [0.25, 0.3) is 11.0 Å². The van der Waals surface area contributed by atoms with Gasteiger partial charge in [-0.15, -0.1) is 0 Å². The SMILES string of the molecule is CCn1c(Cc2ccccc2)[n+](CC(F)(F)F)c2ccccc21.Cc1ccc(S(=O)(=O)[O-])cc1. The highest BCUT2D eigenvalue weighted by atomic mass is 32.2. The standard InChI is InChI=1S/C18H18F3N2.C7H8O3S/c1-2-22-15-10-6-7-11-16(15)23(13-18(19,20)21)17(22)12-14-8-4-3-5-9-14;1-6-2-4-7(5-3-6)11(8,9)10/h3-11H,2,12-13H2,1H3;2-5H,1H3,(H,8,9,10)/q+1;/p-1. The molecule has 1 aromatic heterocycles. The summed E-state index contributed by atoms with van der Waals surface area (Å²) in [7, 11) is -4.27. The van der Waals surface area contributed by atoms with E-state index in [0.717, 1.165) is 16.6 Å². The third-order valence-corrected chi connectivity index (χ3v) is 6.10. The van der Waals surface area contributed by atoms with Crippen molar-refractivity contribution < 1.29 is 30.7 Å². The van der Waals surface area contributed by atoms with Crippen molar-refractivity contribution in [3.8, 4) is 0 Å². The minimum atomic E-state index is -4.27. The minimum Gasteiger partial charge on any atom is -0.744 e. The summed E-state index contributed by atoms with van der Waals surface area (Å²) in [6, 6.07) is 22.6. The van der Waals surface area contributed by atoms with Crippen LogP contribution in [0, 0.1) is 6.92 Å². The molecule has 0 aliphatic rings. The highest BCUT2D eigenvalue weighted by molar-refractivity contribution is 7.85. The predicted molar refractivity (Wildman–Crippen MR) is 122 cm³/mol. The Labute approximate surface area is 196 Å². The van der Waals surface area contributed by atoms with Crippen LogP contribution in [0.4, 0.5) is 13.2 Å². The van der Waals surface area contributed by atoms with Gasteiger partial charge in [-0.3, -0.25) is 0 Å². The molecule has 4 rings (SSSR count). The number of aryl methyl sites for hydroxylation is 2. The molecule has 0 unspecified atom stereocenters. The fraction of sp³-hybridized carbons (Fsp3) is 0.240. The molecule has 4 aromatic rings. The molecule has 1 heterocycles. The predicted octanol–water partition coefficient (Wildman–Crippen LogP) is 5.00. The summed E-state index contributed by atoms with van der Waals surface area (Å²) in [4.78, 5) is -0.178. The third kappa shape index (κ3) is 6.45. The summed E-state index contributed by atoms with van der Waals surface area (Å²) in [6.45, 7) is 3.44. The van der Waals surface area contributed by atoms with Gasteiger partial charge in [0.15, 0.2) is 17.6 Å². The van der Waals surface area contributed by atoms with E-state index in [-0.39, 0.29) is 4.90 Å². The highest BCUT2D eigenvalue weighted by Crippen LogP contribution is 2.21. The monoisotopic (exact) mass is 490 g/mol. The van der Waals surface area contributed by atoms with Gasteiger partial charge in [0.25, 0.3) is 5.82 Å². The second kappa shape index (κ2) is 10.4. The normalized spacial score (nSPS) is 11.8. The van der Waals surface area contributed by atoms with Crippen LogP contribution in [0.15, 0.2) is 83.8 Å². The molecule has 180 valence electrons. The number of halogens is 3. The summed E-state index contributed by atoms with van der Waals surface area (Å²) in [6.07, 6.45) is -3.78. The number of hydrogen-bond acceptors (Lipinski definition) is 3. The second-order valence-corrected chi connectivity index (χ2v) is 9.16. The van der Waals surface area contributed by atoms with Crippen molar-refractivity contribution in [2.24, 2.45) is 0 Å². The van der Waals surface area contributed by atoms with Gasteiger partial charge in [0.2, 0.25) is 0 Å². The zero-order valence-electron chi connectivity index (χ0n) is 18.8. The summed E-state index contributed by atoms with van der Waals surface area (Å²) in [5.41, 5.74) is 3.39. The first-order valence-electron chi connectivity index (χ1n) is 10.6. The van der Waals surface area contributed by atoms with E-state index in [1.54, 1.807) is 24.3 Å². The van der Waals surface area contributed by atoms with E-state index in [0.29, 0.717) is 24.3 Å². The number of benzene rings is 3. The number of alkyl halides is 3. The molecule has 0 N–H and O–H groups in total. The Hall–Kier alpha value is -3.17. The Morgan fingerprint density at radius 1 is 0.912 bits per heavy atom. The van der Waals surface area contributed by atoms with Crippen LogP contribution in [-0.2, 0) is 29.6 Å². The first kappa shape index (κ1) is 25.5. The molecule has 0 radical (unpaired) electrons. The summed E-state index contributed by atoms with van der Waals surface area (Å²) < 4.78 is 73.7. The maximum atomic E-state index is 13.1. The van der Waals surface area contributed by atoms with Gasteiger partial charge >= 0.3 is 6.18 Å². The van der Waals surface area contributed by atoms with Crippen molar-refractivity contribution in [2.75, 3.05) is 0 Å². The van der Waals surface area contributed by atoms with E-state index in [1.165, 1.54) is 16.7 Å². The van der Waals surface area contributed by atoms with Crippen LogP contribution >= 0.6 is 0 Å². The Kier molecular flexibility index (Phi) is 7.78. The van der Waals surface area contributed by atoms with E-state index in [9.17, 15) is 26.1 Å². The van der Waals surface area contributed by atoms with Gasteiger partial charge in [-0.05, 0) is 43.7 Å². The van der Waals surface area contributed by atoms with Crippen LogP contribution in [0.2, 0.25) is 0 Å². The van der Waals surface area contributed by atoms with E-state index in [1.807, 2.05) is 60.9 Å². The molecule has 0 bridgehead atoms. The molecular formula is C25H25F3N2O3S. The lowest BCUT2D eigenvalue weighted by Crippen LogP contribution is -2.44. The molecule has 0 saturated carbocycles. The second-order valence-electron chi connectivity index (χ2n) is 7.78. The lowest BCUT2D eigenvalue weighted by molar-refractivity contribution is -0.703. The molecule has 9 heteroatoms. The number of aromatic nitrogens is 2. The summed E-state index contributed by atoms with van der Waals surface area (Å²) in [5, 5.41) is 0. The molecule has 0 saturated heterocycles. The maximum absolute atomic E-state index is 13.1. The summed E-state index contributed by atoms with van der Waals surface area (Å²) >= 11 is 0. The molecule has 0 atom stereocenters. The topological polar surface area (TPSA) is 66.0 Å². The quantitative estimate of drug-likeness (QED) is 0.292. The fourth-order valence-corrected chi connectivity index (χ4v) is 4.20. The van der Waals surface area contributed by atoms with Gasteiger partial charge in [0, 0.05) is 0 Å². The van der Waals surface area contributed by atoms with Crippen molar-refractivity contribution in [1.82, 2.24) is 4.57 Å². The number of fused-ring (bicyclic) bond motifs is 1. The van der Waals surface area contributed by atoms with E-state index in [2.05, 4.69) is 0 Å². The van der Waals surface area contributed by atoms with Gasteiger partial charge in [0.05, 0.1) is 17.9 Å². The molecule has 0 amide bonds. The molecule has 5 nitrogen and oxygen atoms in total. The Morgan fingerprint density at radius 3 is 2.06 bits per heavy atom. The molecule has 0 spiro atoms. The van der Waals surface area contributed by atoms with Crippen molar-refractivity contribution >= 4 is 21.2 Å². The first-order chi connectivity index (χ1) is 16.0. The summed E-state index contributed by atoms with van der Waals surface area (Å²) in [5.74, 6) is 0.678. The van der Waals surface area contributed by atoms with Gasteiger partial charge in [0.1, 0.15) is 10.1 Å². The number of nitrogens with zero attached hydrogens (tertiary/aromatic N) is 2. The van der Waals surface area contributed by atoms with Crippen LogP contribution in [0.3, 0.4) is 0 Å². The molecule has 3 aromatic carbocycles. The smallest absolute Gasteiger partial charge is 0.426 e. The zero-order valence-corrected chi connectivity index (χ0v) is 19.6. The third-order valence-electron chi connectivity index (χ3n) is 5.25. The molecule has 0 aliphatic heterocycles. The van der Waals surface area contributed by atoms with Gasteiger partial charge in [-0.25, -0.2) is 17.6 Å². The number of para-hydroxylation sites is 2. The van der Waals surface area contributed by atoms with E-state index < -0.39 is 22.8 Å². The van der Waals surface area contributed by atoms with E-state index >= 15 is 0 Å². The molecule has 0 fully saturated rings. The molecule has 0 aliphatic carbocycles. The van der Waals surface area contributed by atoms with Crippen LogP contribution in [0.1, 0.15) is 23.9 Å². The van der Waals surface area contributed by atoms with Gasteiger partial charge in [-0.1, -0.05) is 60.2 Å². The van der Waals surface area contributed by atoms with Crippen molar-refractivity contribution in [3.05, 3.63) is 95.8 Å². The minimum absolute atomic E-state index is 0.178. The fourth-order valence-electron chi connectivity index (χ4n) is 3.73. The number of hydrogen-bond donors (Lipinski definition) is 0. The van der Waals surface area contributed by atoms with Crippen LogP contribution < -0.4 is 4.57 Å². The van der Waals surface area contributed by atoms with Crippen molar-refractivity contribution in [3.63, 3.8) is 0 Å². The lowest BCUT2D eigenvalue weighted by Gasteiger charge is -2.07. The largest absolute Gasteiger partial charge is 0.744 e. The maximum Gasteiger partial charge on any atom is 0.426 e. The van der Waals surface area contributed by atoms with Crippen molar-refractivity contribution in [2.45, 2.75) is 44.4 Å². The van der Waals surface area contributed by atoms with Crippen molar-refractivity contribution in [1.29, 1.82) is 0 Å². The lowest BCUT2D eigenvalue weighted by atomic mass is 10.1. The Balaban J connectivity index is 0.000000248. The Bertz CT molecular complexity index is 1350. The van der Waals surface area contributed by atoms with Crippen LogP contribution in [-0.4, -0.2) is 23.7 Å².